The maximum atomic E-state index is 12.9. The number of rotatable bonds is 6. The monoisotopic (exact) mass is 367 g/mol. The molecule has 5 heteroatoms. The van der Waals surface area contributed by atoms with Crippen molar-refractivity contribution in [3.63, 3.8) is 0 Å². The van der Waals surface area contributed by atoms with E-state index in [2.05, 4.69) is 0 Å². The van der Waals surface area contributed by atoms with E-state index in [0.717, 1.165) is 47.8 Å². The molecule has 0 N–H and O–H groups in total. The van der Waals surface area contributed by atoms with Crippen LogP contribution in [0.4, 0.5) is 0 Å². The molecule has 2 aromatic rings. The molecule has 27 heavy (non-hydrogen) atoms. The molecule has 1 amide bonds. The minimum atomic E-state index is -0.0127. The molecule has 0 radical (unpaired) electrons. The van der Waals surface area contributed by atoms with Gasteiger partial charge >= 0.3 is 0 Å². The van der Waals surface area contributed by atoms with Gasteiger partial charge in [-0.1, -0.05) is 18.2 Å². The lowest BCUT2D eigenvalue weighted by molar-refractivity contribution is -0.126. The number of ether oxygens (including phenoxy) is 3. The Kier molecular flexibility index (Phi) is 6.01. The van der Waals surface area contributed by atoms with Crippen molar-refractivity contribution in [1.82, 2.24) is 4.90 Å². The number of amides is 1. The number of hydrogen-bond donors (Lipinski definition) is 0. The van der Waals surface area contributed by atoms with Gasteiger partial charge in [-0.05, 0) is 37.1 Å². The van der Waals surface area contributed by atoms with Gasteiger partial charge < -0.3 is 19.1 Å². The maximum absolute atomic E-state index is 12.9. The summed E-state index contributed by atoms with van der Waals surface area (Å²) in [7, 11) is 4.89. The first-order chi connectivity index (χ1) is 13.2. The van der Waals surface area contributed by atoms with E-state index in [1.165, 1.54) is 0 Å². The van der Waals surface area contributed by atoms with Crippen LogP contribution in [0.1, 0.15) is 30.0 Å². The molecule has 1 unspecified atom stereocenters. The molecule has 1 aliphatic heterocycles. The third-order valence-corrected chi connectivity index (χ3v) is 4.88. The van der Waals surface area contributed by atoms with Crippen molar-refractivity contribution in [2.75, 3.05) is 27.9 Å². The number of hydrogen-bond acceptors (Lipinski definition) is 4. The normalized spacial score (nSPS) is 16.6. The first-order valence-electron chi connectivity index (χ1n) is 9.01. The Balaban J connectivity index is 1.82. The topological polar surface area (TPSA) is 48.0 Å². The predicted octanol–water partition coefficient (Wildman–Crippen LogP) is 4.09. The first kappa shape index (κ1) is 18.8. The molecule has 1 heterocycles. The first-order valence-corrected chi connectivity index (χ1v) is 9.01. The van der Waals surface area contributed by atoms with Crippen molar-refractivity contribution in [2.45, 2.75) is 18.9 Å². The summed E-state index contributed by atoms with van der Waals surface area (Å²) in [6, 6.07) is 13.4. The molecule has 0 bridgehead atoms. The van der Waals surface area contributed by atoms with Crippen molar-refractivity contribution in [3.05, 3.63) is 59.7 Å². The highest BCUT2D eigenvalue weighted by Gasteiger charge is 2.31. The van der Waals surface area contributed by atoms with Gasteiger partial charge in [-0.3, -0.25) is 4.79 Å². The largest absolute Gasteiger partial charge is 0.497 e. The van der Waals surface area contributed by atoms with E-state index in [-0.39, 0.29) is 11.9 Å². The van der Waals surface area contributed by atoms with Gasteiger partial charge in [0.05, 0.1) is 27.4 Å². The van der Waals surface area contributed by atoms with E-state index in [4.69, 9.17) is 14.2 Å². The molecule has 1 aliphatic rings. The van der Waals surface area contributed by atoms with E-state index in [9.17, 15) is 4.79 Å². The van der Waals surface area contributed by atoms with E-state index >= 15 is 0 Å². The molecule has 2 aromatic carbocycles. The quantitative estimate of drug-likeness (QED) is 0.722. The molecule has 0 saturated carbocycles. The van der Waals surface area contributed by atoms with Crippen LogP contribution in [-0.2, 0) is 4.79 Å². The van der Waals surface area contributed by atoms with E-state index in [1.807, 2.05) is 53.4 Å². The Morgan fingerprint density at radius 3 is 2.56 bits per heavy atom. The SMILES string of the molecule is COc1ccc(C2CCCN2C(=O)/C=C/c2ccccc2OC)c(OC)c1. The minimum absolute atomic E-state index is 0.000625. The third kappa shape index (κ3) is 4.08. The fourth-order valence-corrected chi connectivity index (χ4v) is 3.51. The van der Waals surface area contributed by atoms with Crippen molar-refractivity contribution in [2.24, 2.45) is 0 Å². The smallest absolute Gasteiger partial charge is 0.247 e. The number of carbonyl (C=O) groups is 1. The second-order valence-corrected chi connectivity index (χ2v) is 6.37. The third-order valence-electron chi connectivity index (χ3n) is 4.88. The molecule has 0 aliphatic carbocycles. The lowest BCUT2D eigenvalue weighted by Gasteiger charge is -2.25. The Hall–Kier alpha value is -2.95. The standard InChI is InChI=1S/C22H25NO4/c1-25-17-11-12-18(21(15-17)27-3)19-8-6-14-23(19)22(24)13-10-16-7-4-5-9-20(16)26-2/h4-5,7,9-13,15,19H,6,8,14H2,1-3H3/b13-10+. The molecule has 1 atom stereocenters. The van der Waals surface area contributed by atoms with Crippen LogP contribution in [0.25, 0.3) is 6.08 Å². The molecular formula is C22H25NO4. The highest BCUT2D eigenvalue weighted by molar-refractivity contribution is 5.92. The molecule has 3 rings (SSSR count). The number of para-hydroxylation sites is 1. The average Bonchev–Trinajstić information content (AvgIpc) is 3.21. The van der Waals surface area contributed by atoms with Crippen LogP contribution in [0.15, 0.2) is 48.5 Å². The Bertz CT molecular complexity index is 831. The van der Waals surface area contributed by atoms with E-state index in [1.54, 1.807) is 27.4 Å². The molecule has 5 nitrogen and oxygen atoms in total. The zero-order valence-electron chi connectivity index (χ0n) is 16.0. The molecule has 0 spiro atoms. The van der Waals surface area contributed by atoms with Gasteiger partial charge in [-0.15, -0.1) is 0 Å². The number of nitrogens with zero attached hydrogens (tertiary/aromatic N) is 1. The summed E-state index contributed by atoms with van der Waals surface area (Å²) in [5.74, 6) is 2.22. The van der Waals surface area contributed by atoms with Gasteiger partial charge in [0.1, 0.15) is 17.2 Å². The Morgan fingerprint density at radius 1 is 1.04 bits per heavy atom. The second kappa shape index (κ2) is 8.62. The van der Waals surface area contributed by atoms with Gasteiger partial charge in [0, 0.05) is 29.8 Å². The van der Waals surface area contributed by atoms with Crippen molar-refractivity contribution in [1.29, 1.82) is 0 Å². The summed E-state index contributed by atoms with van der Waals surface area (Å²) in [5.41, 5.74) is 1.89. The molecule has 1 saturated heterocycles. The van der Waals surface area contributed by atoms with Crippen LogP contribution in [0, 0.1) is 0 Å². The van der Waals surface area contributed by atoms with Crippen LogP contribution in [0.5, 0.6) is 17.2 Å². The summed E-state index contributed by atoms with van der Waals surface area (Å²) in [6.07, 6.45) is 5.30. The Labute approximate surface area is 160 Å². The number of benzene rings is 2. The number of likely N-dealkylation sites (tertiary alicyclic amines) is 1. The molecule has 142 valence electrons. The Morgan fingerprint density at radius 2 is 1.81 bits per heavy atom. The lowest BCUT2D eigenvalue weighted by atomic mass is 10.0. The highest BCUT2D eigenvalue weighted by Crippen LogP contribution is 2.38. The second-order valence-electron chi connectivity index (χ2n) is 6.37. The van der Waals surface area contributed by atoms with Crippen LogP contribution >= 0.6 is 0 Å². The van der Waals surface area contributed by atoms with Crippen molar-refractivity contribution in [3.8, 4) is 17.2 Å². The zero-order chi connectivity index (χ0) is 19.2. The van der Waals surface area contributed by atoms with Crippen LogP contribution in [0.2, 0.25) is 0 Å². The van der Waals surface area contributed by atoms with Crippen LogP contribution < -0.4 is 14.2 Å². The molecular weight excluding hydrogens is 342 g/mol. The minimum Gasteiger partial charge on any atom is -0.497 e. The maximum Gasteiger partial charge on any atom is 0.247 e. The molecule has 0 aromatic heterocycles. The van der Waals surface area contributed by atoms with Gasteiger partial charge in [-0.2, -0.15) is 0 Å². The fraction of sp³-hybridized carbons (Fsp3) is 0.318. The summed E-state index contributed by atoms with van der Waals surface area (Å²) >= 11 is 0. The number of methoxy groups -OCH3 is 3. The molecule has 1 fully saturated rings. The van der Waals surface area contributed by atoms with Crippen LogP contribution in [0.3, 0.4) is 0 Å². The van der Waals surface area contributed by atoms with Crippen molar-refractivity contribution >= 4 is 12.0 Å². The van der Waals surface area contributed by atoms with E-state index < -0.39 is 0 Å². The van der Waals surface area contributed by atoms with Gasteiger partial charge in [-0.25, -0.2) is 0 Å². The van der Waals surface area contributed by atoms with E-state index in [0.29, 0.717) is 0 Å². The summed E-state index contributed by atoms with van der Waals surface area (Å²) < 4.78 is 16.2. The summed E-state index contributed by atoms with van der Waals surface area (Å²) in [4.78, 5) is 14.8. The summed E-state index contributed by atoms with van der Waals surface area (Å²) in [5, 5.41) is 0. The zero-order valence-corrected chi connectivity index (χ0v) is 16.0. The van der Waals surface area contributed by atoms with Crippen LogP contribution in [-0.4, -0.2) is 38.7 Å². The van der Waals surface area contributed by atoms with Gasteiger partial charge in [0.25, 0.3) is 0 Å². The highest BCUT2D eigenvalue weighted by atomic mass is 16.5. The lowest BCUT2D eigenvalue weighted by Crippen LogP contribution is -2.29. The predicted molar refractivity (Wildman–Crippen MR) is 105 cm³/mol. The van der Waals surface area contributed by atoms with Gasteiger partial charge in [0.2, 0.25) is 5.91 Å². The van der Waals surface area contributed by atoms with Crippen molar-refractivity contribution < 1.29 is 19.0 Å². The summed E-state index contributed by atoms with van der Waals surface area (Å²) in [6.45, 7) is 0.731. The van der Waals surface area contributed by atoms with Gasteiger partial charge in [0.15, 0.2) is 0 Å². The number of carbonyl (C=O) groups excluding carboxylic acids is 1. The fourth-order valence-electron chi connectivity index (χ4n) is 3.51. The average molecular weight is 367 g/mol.